The Balaban J connectivity index is 1.74. The molecule has 4 aromatic rings. The molecule has 0 radical (unpaired) electrons. The zero-order valence-electron chi connectivity index (χ0n) is 18.2. The molecule has 0 atom stereocenters. The molecule has 9 nitrogen and oxygen atoms in total. The van der Waals surface area contributed by atoms with Gasteiger partial charge in [-0.15, -0.1) is 0 Å². The molecular weight excluding hydrogens is 511 g/mol. The number of benzene rings is 1. The third kappa shape index (κ3) is 4.86. The molecule has 0 aliphatic heterocycles. The third-order valence-corrected chi connectivity index (χ3v) is 6.40. The van der Waals surface area contributed by atoms with Gasteiger partial charge in [0.05, 0.1) is 16.7 Å². The second-order valence-electron chi connectivity index (χ2n) is 7.52. The van der Waals surface area contributed by atoms with Crippen molar-refractivity contribution in [2.24, 2.45) is 0 Å². The first kappa shape index (κ1) is 25.1. The highest BCUT2D eigenvalue weighted by Gasteiger charge is 2.34. The molecular formula is C21H15F5N6O3S. The molecule has 3 heterocycles. The first-order chi connectivity index (χ1) is 16.9. The van der Waals surface area contributed by atoms with Crippen LogP contribution >= 0.6 is 0 Å². The zero-order chi connectivity index (χ0) is 26.3. The fourth-order valence-electron chi connectivity index (χ4n) is 3.28. The number of aromatic nitrogens is 5. The summed E-state index contributed by atoms with van der Waals surface area (Å²) in [6.45, 7) is 1.56. The van der Waals surface area contributed by atoms with E-state index in [1.165, 1.54) is 12.3 Å². The van der Waals surface area contributed by atoms with Crippen LogP contribution in [0.15, 0.2) is 36.8 Å². The van der Waals surface area contributed by atoms with Crippen LogP contribution in [0.2, 0.25) is 0 Å². The van der Waals surface area contributed by atoms with E-state index in [4.69, 9.17) is 0 Å². The summed E-state index contributed by atoms with van der Waals surface area (Å²) in [7, 11) is -4.06. The molecule has 0 aliphatic carbocycles. The molecule has 0 spiro atoms. The van der Waals surface area contributed by atoms with E-state index in [0.717, 1.165) is 24.5 Å². The number of fused-ring (bicyclic) bond motifs is 1. The summed E-state index contributed by atoms with van der Waals surface area (Å²) in [5.74, 6) is -5.40. The summed E-state index contributed by atoms with van der Waals surface area (Å²) >= 11 is 0. The predicted octanol–water partition coefficient (Wildman–Crippen LogP) is 4.09. The molecule has 0 amide bonds. The van der Waals surface area contributed by atoms with Crippen molar-refractivity contribution in [3.8, 4) is 11.1 Å². The first-order valence-corrected chi connectivity index (χ1v) is 11.8. The molecule has 1 aromatic carbocycles. The second kappa shape index (κ2) is 9.22. The van der Waals surface area contributed by atoms with E-state index in [1.54, 1.807) is 6.92 Å². The monoisotopic (exact) mass is 526 g/mol. The number of hydrogen-bond acceptors (Lipinski definition) is 7. The number of rotatable bonds is 7. The van der Waals surface area contributed by atoms with Crippen molar-refractivity contribution in [2.45, 2.75) is 19.5 Å². The quantitative estimate of drug-likeness (QED) is 0.274. The maximum atomic E-state index is 15.1. The van der Waals surface area contributed by atoms with E-state index >= 15 is 4.39 Å². The maximum absolute atomic E-state index is 15.1. The number of anilines is 1. The van der Waals surface area contributed by atoms with Gasteiger partial charge in [0.25, 0.3) is 0 Å². The predicted molar refractivity (Wildman–Crippen MR) is 117 cm³/mol. The van der Waals surface area contributed by atoms with Crippen LogP contribution in [0.5, 0.6) is 0 Å². The highest BCUT2D eigenvalue weighted by atomic mass is 32.2. The smallest absolute Gasteiger partial charge is 0.287 e. The number of ketones is 1. The summed E-state index contributed by atoms with van der Waals surface area (Å²) in [4.78, 5) is 23.7. The van der Waals surface area contributed by atoms with Crippen LogP contribution in [-0.4, -0.2) is 45.1 Å². The minimum Gasteiger partial charge on any atom is -0.287 e. The fraction of sp³-hybridized carbons (Fsp3) is 0.190. The topological polar surface area (TPSA) is 131 Å². The van der Waals surface area contributed by atoms with Crippen molar-refractivity contribution < 1.29 is 35.2 Å². The maximum Gasteiger partial charge on any atom is 0.451 e. The lowest BCUT2D eigenvalue weighted by molar-refractivity contribution is -0.145. The minimum absolute atomic E-state index is 0.0780. The Morgan fingerprint density at radius 2 is 1.72 bits per heavy atom. The Morgan fingerprint density at radius 3 is 2.36 bits per heavy atom. The molecule has 0 saturated carbocycles. The summed E-state index contributed by atoms with van der Waals surface area (Å²) in [6.07, 6.45) is -1.41. The summed E-state index contributed by atoms with van der Waals surface area (Å²) in [5, 5.41) is 6.39. The number of nitrogens with one attached hydrogen (secondary N) is 2. The van der Waals surface area contributed by atoms with Crippen molar-refractivity contribution in [2.75, 3.05) is 10.5 Å². The van der Waals surface area contributed by atoms with Gasteiger partial charge in [-0.05, 0) is 24.6 Å². The fourth-order valence-corrected chi connectivity index (χ4v) is 4.42. The van der Waals surface area contributed by atoms with E-state index < -0.39 is 56.4 Å². The van der Waals surface area contributed by atoms with E-state index in [1.807, 2.05) is 4.72 Å². The van der Waals surface area contributed by atoms with Gasteiger partial charge in [-0.2, -0.15) is 18.3 Å². The Hall–Kier alpha value is -4.01. The van der Waals surface area contributed by atoms with Crippen LogP contribution < -0.4 is 4.72 Å². The number of carbonyl (C=O) groups is 1. The molecule has 36 heavy (non-hydrogen) atoms. The Kier molecular flexibility index (Phi) is 6.43. The van der Waals surface area contributed by atoms with E-state index in [-0.39, 0.29) is 34.3 Å². The number of pyridine rings is 1. The Labute approximate surface area is 199 Å². The largest absolute Gasteiger partial charge is 0.451 e. The lowest BCUT2D eigenvalue weighted by Crippen LogP contribution is -2.19. The Bertz CT molecular complexity index is 1570. The van der Waals surface area contributed by atoms with Gasteiger partial charge in [-0.25, -0.2) is 32.2 Å². The van der Waals surface area contributed by atoms with Gasteiger partial charge < -0.3 is 0 Å². The minimum atomic E-state index is -4.73. The van der Waals surface area contributed by atoms with Gasteiger partial charge >= 0.3 is 6.18 Å². The number of alkyl halides is 3. The number of hydrogen-bond donors (Lipinski definition) is 2. The van der Waals surface area contributed by atoms with Crippen LogP contribution in [0.1, 0.15) is 35.2 Å². The summed E-state index contributed by atoms with van der Waals surface area (Å²) in [5.41, 5.74) is -1.52. The molecule has 2 N–H and O–H groups in total. The van der Waals surface area contributed by atoms with Crippen LogP contribution in [0, 0.1) is 11.6 Å². The van der Waals surface area contributed by atoms with Crippen molar-refractivity contribution in [3.63, 3.8) is 0 Å². The Morgan fingerprint density at radius 1 is 1.06 bits per heavy atom. The van der Waals surface area contributed by atoms with E-state index in [2.05, 4.69) is 25.1 Å². The molecule has 0 unspecified atom stereocenters. The molecule has 0 bridgehead atoms. The molecule has 3 aromatic heterocycles. The van der Waals surface area contributed by atoms with E-state index in [0.29, 0.717) is 0 Å². The van der Waals surface area contributed by atoms with Gasteiger partial charge in [-0.1, -0.05) is 6.92 Å². The van der Waals surface area contributed by atoms with Gasteiger partial charge in [0.1, 0.15) is 17.2 Å². The SMILES string of the molecule is CCCS(=O)(=O)Nc1c(F)ccc(C(=O)c2n[nH]c3ncc(-c4cnc(C(F)(F)F)nc4)cc23)c1F. The van der Waals surface area contributed by atoms with Gasteiger partial charge in [-0.3, -0.25) is 14.6 Å². The van der Waals surface area contributed by atoms with Crippen LogP contribution in [-0.2, 0) is 16.2 Å². The van der Waals surface area contributed by atoms with Crippen molar-refractivity contribution in [1.82, 2.24) is 25.1 Å². The number of H-pyrrole nitrogens is 1. The molecule has 0 fully saturated rings. The zero-order valence-corrected chi connectivity index (χ0v) is 19.0. The first-order valence-electron chi connectivity index (χ1n) is 10.2. The standard InChI is InChI=1S/C21H15F5N6O3S/c1-2-5-36(34,35)32-17-14(22)4-3-12(15(17)23)18(33)16-13-6-10(7-27-19(13)31-30-16)11-8-28-20(29-9-11)21(24,25)26/h3-4,6-9,32H,2,5H2,1H3,(H,27,30,31). The van der Waals surface area contributed by atoms with Gasteiger partial charge in [0.2, 0.25) is 21.6 Å². The summed E-state index contributed by atoms with van der Waals surface area (Å²) in [6, 6.07) is 2.93. The number of carbonyl (C=O) groups excluding carboxylic acids is 1. The van der Waals surface area contributed by atoms with Crippen molar-refractivity contribution in [1.29, 1.82) is 0 Å². The van der Waals surface area contributed by atoms with Crippen LogP contribution in [0.4, 0.5) is 27.6 Å². The van der Waals surface area contributed by atoms with Gasteiger partial charge in [0.15, 0.2) is 11.5 Å². The van der Waals surface area contributed by atoms with Crippen LogP contribution in [0.25, 0.3) is 22.2 Å². The normalized spacial score (nSPS) is 12.2. The highest BCUT2D eigenvalue weighted by Crippen LogP contribution is 2.30. The lowest BCUT2D eigenvalue weighted by Gasteiger charge is -2.11. The molecule has 0 aliphatic rings. The molecule has 4 rings (SSSR count). The number of aromatic amines is 1. The second-order valence-corrected chi connectivity index (χ2v) is 9.36. The number of halogens is 5. The number of sulfonamides is 1. The molecule has 0 saturated heterocycles. The number of nitrogens with zero attached hydrogens (tertiary/aromatic N) is 4. The average molecular weight is 526 g/mol. The highest BCUT2D eigenvalue weighted by molar-refractivity contribution is 7.92. The van der Waals surface area contributed by atoms with Gasteiger partial charge in [0, 0.05) is 29.7 Å². The molecule has 15 heteroatoms. The average Bonchev–Trinajstić information content (AvgIpc) is 3.24. The third-order valence-electron chi connectivity index (χ3n) is 4.94. The molecule has 188 valence electrons. The van der Waals surface area contributed by atoms with E-state index in [9.17, 15) is 30.8 Å². The van der Waals surface area contributed by atoms with Crippen LogP contribution in [0.3, 0.4) is 0 Å². The lowest BCUT2D eigenvalue weighted by atomic mass is 10.0. The van der Waals surface area contributed by atoms with Crippen molar-refractivity contribution in [3.05, 3.63) is 65.5 Å². The van der Waals surface area contributed by atoms with Crippen molar-refractivity contribution >= 4 is 32.5 Å². The summed E-state index contributed by atoms with van der Waals surface area (Å²) < 4.78 is 93.3.